The lowest BCUT2D eigenvalue weighted by Crippen LogP contribution is -2.55. The van der Waals surface area contributed by atoms with E-state index in [0.717, 1.165) is 29.9 Å². The van der Waals surface area contributed by atoms with Gasteiger partial charge in [0.15, 0.2) is 0 Å². The molecule has 1 aliphatic heterocycles. The first-order chi connectivity index (χ1) is 16.1. The van der Waals surface area contributed by atoms with Gasteiger partial charge in [0.25, 0.3) is 11.5 Å². The molecule has 0 saturated carbocycles. The zero-order valence-corrected chi connectivity index (χ0v) is 21.3. The summed E-state index contributed by atoms with van der Waals surface area (Å²) in [5, 5.41) is 10.7. The summed E-state index contributed by atoms with van der Waals surface area (Å²) in [6.07, 6.45) is -3.39. The summed E-state index contributed by atoms with van der Waals surface area (Å²) in [7, 11) is 2.56. The Labute approximate surface area is 205 Å². The molecule has 0 bridgehead atoms. The Hall–Kier alpha value is -2.49. The molecular formula is C25H37F3N2O5. The number of hydrogen-bond donors (Lipinski definition) is 1. The van der Waals surface area contributed by atoms with Gasteiger partial charge in [0.2, 0.25) is 0 Å². The van der Waals surface area contributed by atoms with Gasteiger partial charge in [-0.05, 0) is 64.0 Å². The standard InChI is InChI=1S/C25H37F3N2O5/c1-17(14-18-10-12-30(13-11-18)22(32)35-23(2,3)4)16-29(5)21(31)24(33,25(26,27)28)19-8-7-9-20(15-19)34-6/h7-9,15,17-18,33H,10-14,16H2,1-6H3. The number of nitrogens with zero attached hydrogens (tertiary/aromatic N) is 2. The molecule has 0 aromatic heterocycles. The van der Waals surface area contributed by atoms with Crippen LogP contribution in [-0.4, -0.2) is 72.5 Å². The first-order valence-corrected chi connectivity index (χ1v) is 11.8. The maximum Gasteiger partial charge on any atom is 0.430 e. The van der Waals surface area contributed by atoms with Gasteiger partial charge in [-0.3, -0.25) is 4.79 Å². The van der Waals surface area contributed by atoms with Gasteiger partial charge in [0, 0.05) is 32.2 Å². The van der Waals surface area contributed by atoms with E-state index >= 15 is 0 Å². The molecule has 10 heteroatoms. The fourth-order valence-corrected chi connectivity index (χ4v) is 4.40. The Morgan fingerprint density at radius 2 is 1.80 bits per heavy atom. The molecule has 0 spiro atoms. The highest BCUT2D eigenvalue weighted by Crippen LogP contribution is 2.41. The number of carbonyl (C=O) groups excluding carboxylic acids is 2. The van der Waals surface area contributed by atoms with Crippen LogP contribution in [0.15, 0.2) is 24.3 Å². The van der Waals surface area contributed by atoms with Crippen molar-refractivity contribution in [2.75, 3.05) is 33.8 Å². The van der Waals surface area contributed by atoms with Crippen molar-refractivity contribution in [2.24, 2.45) is 11.8 Å². The quantitative estimate of drug-likeness (QED) is 0.591. The predicted molar refractivity (Wildman–Crippen MR) is 125 cm³/mol. The van der Waals surface area contributed by atoms with Crippen LogP contribution >= 0.6 is 0 Å². The largest absolute Gasteiger partial charge is 0.497 e. The number of rotatable bonds is 7. The first-order valence-electron chi connectivity index (χ1n) is 11.8. The minimum Gasteiger partial charge on any atom is -0.497 e. The van der Waals surface area contributed by atoms with Crippen molar-refractivity contribution in [3.63, 3.8) is 0 Å². The van der Waals surface area contributed by atoms with E-state index in [1.165, 1.54) is 26.3 Å². The van der Waals surface area contributed by atoms with Gasteiger partial charge >= 0.3 is 12.3 Å². The van der Waals surface area contributed by atoms with Gasteiger partial charge in [0.05, 0.1) is 7.11 Å². The minimum absolute atomic E-state index is 0.0491. The van der Waals surface area contributed by atoms with E-state index in [2.05, 4.69) is 0 Å². The average Bonchev–Trinajstić information content (AvgIpc) is 2.76. The van der Waals surface area contributed by atoms with E-state index < -0.39 is 28.8 Å². The van der Waals surface area contributed by atoms with Crippen LogP contribution in [0.4, 0.5) is 18.0 Å². The van der Waals surface area contributed by atoms with Gasteiger partial charge in [-0.25, -0.2) is 4.79 Å². The minimum atomic E-state index is -5.22. The number of halogens is 3. The highest BCUT2D eigenvalue weighted by molar-refractivity contribution is 5.87. The van der Waals surface area contributed by atoms with Crippen LogP contribution in [0.1, 0.15) is 52.5 Å². The van der Waals surface area contributed by atoms with Gasteiger partial charge in [-0.1, -0.05) is 19.1 Å². The van der Waals surface area contributed by atoms with Crippen molar-refractivity contribution in [1.29, 1.82) is 0 Å². The lowest BCUT2D eigenvalue weighted by molar-refractivity contribution is -0.261. The molecule has 198 valence electrons. The number of likely N-dealkylation sites (N-methyl/N-ethyl adjacent to an activating group) is 1. The fourth-order valence-electron chi connectivity index (χ4n) is 4.40. The number of carbonyl (C=O) groups is 2. The van der Waals surface area contributed by atoms with Crippen LogP contribution in [0, 0.1) is 11.8 Å². The van der Waals surface area contributed by atoms with E-state index in [0.29, 0.717) is 19.5 Å². The van der Waals surface area contributed by atoms with Gasteiger partial charge in [-0.2, -0.15) is 13.2 Å². The number of amides is 2. The van der Waals surface area contributed by atoms with Crippen LogP contribution in [0.3, 0.4) is 0 Å². The third kappa shape index (κ3) is 7.25. The highest BCUT2D eigenvalue weighted by atomic mass is 19.4. The zero-order valence-electron chi connectivity index (χ0n) is 21.3. The molecule has 0 radical (unpaired) electrons. The molecule has 1 N–H and O–H groups in total. The topological polar surface area (TPSA) is 79.3 Å². The fraction of sp³-hybridized carbons (Fsp3) is 0.680. The van der Waals surface area contributed by atoms with E-state index in [1.807, 2.05) is 27.7 Å². The van der Waals surface area contributed by atoms with Crippen LogP contribution in [0.5, 0.6) is 5.75 Å². The van der Waals surface area contributed by atoms with E-state index in [9.17, 15) is 27.9 Å². The third-order valence-corrected chi connectivity index (χ3v) is 6.14. The Kier molecular flexibility index (Phi) is 9.08. The molecule has 1 aromatic rings. The number of benzene rings is 1. The molecule has 1 heterocycles. The lowest BCUT2D eigenvalue weighted by Gasteiger charge is -2.36. The Bertz CT molecular complexity index is 879. The van der Waals surface area contributed by atoms with Crippen LogP contribution in [0.25, 0.3) is 0 Å². The molecule has 1 aromatic carbocycles. The summed E-state index contributed by atoms with van der Waals surface area (Å²) in [4.78, 5) is 27.8. The number of methoxy groups -OCH3 is 1. The number of ether oxygens (including phenoxy) is 2. The summed E-state index contributed by atoms with van der Waals surface area (Å²) >= 11 is 0. The van der Waals surface area contributed by atoms with Crippen molar-refractivity contribution in [3.8, 4) is 5.75 Å². The second-order valence-corrected chi connectivity index (χ2v) is 10.4. The number of alkyl halides is 3. The van der Waals surface area contributed by atoms with E-state index in [4.69, 9.17) is 9.47 Å². The number of likely N-dealkylation sites (tertiary alicyclic amines) is 1. The van der Waals surface area contributed by atoms with Gasteiger partial charge in [0.1, 0.15) is 11.4 Å². The smallest absolute Gasteiger partial charge is 0.430 e. The summed E-state index contributed by atoms with van der Waals surface area (Å²) in [6, 6.07) is 4.81. The van der Waals surface area contributed by atoms with E-state index in [1.54, 1.807) is 4.90 Å². The van der Waals surface area contributed by atoms with Crippen molar-refractivity contribution in [2.45, 2.75) is 64.3 Å². The molecule has 2 rings (SSSR count). The van der Waals surface area contributed by atoms with Crippen molar-refractivity contribution >= 4 is 12.0 Å². The maximum atomic E-state index is 14.0. The second-order valence-electron chi connectivity index (χ2n) is 10.4. The molecular weight excluding hydrogens is 465 g/mol. The summed E-state index contributed by atoms with van der Waals surface area (Å²) in [6.45, 7) is 8.44. The molecule has 35 heavy (non-hydrogen) atoms. The van der Waals surface area contributed by atoms with Crippen molar-refractivity contribution in [3.05, 3.63) is 29.8 Å². The Morgan fingerprint density at radius 3 is 2.31 bits per heavy atom. The van der Waals surface area contributed by atoms with Crippen molar-refractivity contribution in [1.82, 2.24) is 9.80 Å². The van der Waals surface area contributed by atoms with Crippen molar-refractivity contribution < 1.29 is 37.3 Å². The third-order valence-electron chi connectivity index (χ3n) is 6.14. The zero-order chi connectivity index (χ0) is 26.6. The molecule has 2 amide bonds. The molecule has 2 unspecified atom stereocenters. The van der Waals surface area contributed by atoms with Crippen LogP contribution in [-0.2, 0) is 15.1 Å². The Balaban J connectivity index is 2.00. The normalized spacial score (nSPS) is 17.9. The SMILES string of the molecule is COc1cccc(C(O)(C(=O)N(C)CC(C)CC2CCN(C(=O)OC(C)(C)C)CC2)C(F)(F)F)c1. The summed E-state index contributed by atoms with van der Waals surface area (Å²) in [5.41, 5.74) is -4.85. The number of aliphatic hydroxyl groups is 1. The number of piperidine rings is 1. The predicted octanol–water partition coefficient (Wildman–Crippen LogP) is 4.58. The number of hydrogen-bond acceptors (Lipinski definition) is 5. The molecule has 1 fully saturated rings. The molecule has 0 aliphatic carbocycles. The highest BCUT2D eigenvalue weighted by Gasteiger charge is 2.61. The molecule has 1 aliphatic rings. The molecule has 1 saturated heterocycles. The monoisotopic (exact) mass is 502 g/mol. The lowest BCUT2D eigenvalue weighted by atomic mass is 9.87. The molecule has 2 atom stereocenters. The average molecular weight is 503 g/mol. The van der Waals surface area contributed by atoms with Gasteiger partial charge in [-0.15, -0.1) is 0 Å². The van der Waals surface area contributed by atoms with Gasteiger partial charge < -0.3 is 24.4 Å². The van der Waals surface area contributed by atoms with E-state index in [-0.39, 0.29) is 30.2 Å². The first kappa shape index (κ1) is 28.7. The Morgan fingerprint density at radius 1 is 1.20 bits per heavy atom. The van der Waals surface area contributed by atoms with Crippen LogP contribution < -0.4 is 4.74 Å². The maximum absolute atomic E-state index is 14.0. The summed E-state index contributed by atoms with van der Waals surface area (Å²) < 4.78 is 52.3. The molecule has 7 nitrogen and oxygen atoms in total. The second kappa shape index (κ2) is 11.1. The summed E-state index contributed by atoms with van der Waals surface area (Å²) in [5.74, 6) is -1.17. The van der Waals surface area contributed by atoms with Crippen LogP contribution in [0.2, 0.25) is 0 Å².